The first-order chi connectivity index (χ1) is 9.60. The van der Waals surface area contributed by atoms with Crippen LogP contribution in [0.25, 0.3) is 0 Å². The number of para-hydroxylation sites is 1. The molecule has 2 N–H and O–H groups in total. The van der Waals surface area contributed by atoms with Gasteiger partial charge in [-0.3, -0.25) is 0 Å². The highest BCUT2D eigenvalue weighted by molar-refractivity contribution is 14.1. The van der Waals surface area contributed by atoms with E-state index in [9.17, 15) is 0 Å². The molecule has 1 unspecified atom stereocenters. The number of hydrogen-bond acceptors (Lipinski definition) is 2. The maximum absolute atomic E-state index is 6.29. The van der Waals surface area contributed by atoms with Crippen LogP contribution in [0.4, 0.5) is 0 Å². The largest absolute Gasteiger partial charge is 0.455 e. The molecule has 2 nitrogen and oxygen atoms in total. The Hall–Kier alpha value is -0.780. The molecule has 106 valence electrons. The smallest absolute Gasteiger partial charge is 0.146 e. The molecule has 0 aliphatic heterocycles. The second-order valence-corrected chi connectivity index (χ2v) is 6.24. The van der Waals surface area contributed by atoms with Crippen molar-refractivity contribution in [2.45, 2.75) is 25.8 Å². The van der Waals surface area contributed by atoms with Crippen molar-refractivity contribution in [3.05, 3.63) is 56.6 Å². The first-order valence-corrected chi connectivity index (χ1v) is 8.02. The minimum absolute atomic E-state index is 0.174. The van der Waals surface area contributed by atoms with Gasteiger partial charge in [0, 0.05) is 6.04 Å². The number of rotatable bonds is 5. The van der Waals surface area contributed by atoms with Crippen LogP contribution >= 0.6 is 34.2 Å². The van der Waals surface area contributed by atoms with Gasteiger partial charge in [-0.25, -0.2) is 0 Å². The van der Waals surface area contributed by atoms with Crippen LogP contribution in [0.2, 0.25) is 5.02 Å². The molecule has 2 rings (SSSR count). The van der Waals surface area contributed by atoms with Crippen LogP contribution in [-0.2, 0) is 6.42 Å². The summed E-state index contributed by atoms with van der Waals surface area (Å²) in [6.45, 7) is 2.08. The molecule has 1 atom stereocenters. The highest BCUT2D eigenvalue weighted by Gasteiger charge is 2.08. The highest BCUT2D eigenvalue weighted by Crippen LogP contribution is 2.32. The monoisotopic (exact) mass is 401 g/mol. The van der Waals surface area contributed by atoms with Crippen LogP contribution in [0.5, 0.6) is 11.5 Å². The van der Waals surface area contributed by atoms with Gasteiger partial charge in [-0.1, -0.05) is 36.7 Å². The molecule has 0 saturated heterocycles. The molecule has 0 aromatic heterocycles. The molecule has 0 fully saturated rings. The molecule has 0 aliphatic rings. The lowest BCUT2D eigenvalue weighted by atomic mass is 10.0. The van der Waals surface area contributed by atoms with E-state index in [2.05, 4.69) is 29.5 Å². The van der Waals surface area contributed by atoms with Crippen LogP contribution in [0.15, 0.2) is 42.5 Å². The Morgan fingerprint density at radius 1 is 1.20 bits per heavy atom. The maximum Gasteiger partial charge on any atom is 0.146 e. The van der Waals surface area contributed by atoms with E-state index in [0.717, 1.165) is 27.7 Å². The third-order valence-corrected chi connectivity index (χ3v) is 4.26. The fourth-order valence-electron chi connectivity index (χ4n) is 1.85. The zero-order valence-corrected chi connectivity index (χ0v) is 14.2. The third kappa shape index (κ3) is 4.11. The number of nitrogens with two attached hydrogens (primary N) is 1. The Balaban J connectivity index is 2.16. The molecular formula is C16H17ClINO. The van der Waals surface area contributed by atoms with E-state index in [-0.39, 0.29) is 6.04 Å². The Morgan fingerprint density at radius 2 is 1.95 bits per heavy atom. The van der Waals surface area contributed by atoms with E-state index in [1.807, 2.05) is 42.5 Å². The van der Waals surface area contributed by atoms with Gasteiger partial charge in [0.05, 0.1) is 8.59 Å². The lowest BCUT2D eigenvalue weighted by Crippen LogP contribution is -2.21. The SMILES string of the molecule is CCC(N)Cc1ccc(Oc2ccccc2I)c(Cl)c1. The first-order valence-electron chi connectivity index (χ1n) is 6.56. The summed E-state index contributed by atoms with van der Waals surface area (Å²) < 4.78 is 6.91. The van der Waals surface area contributed by atoms with Crippen molar-refractivity contribution in [1.82, 2.24) is 0 Å². The average Bonchev–Trinajstić information content (AvgIpc) is 2.44. The van der Waals surface area contributed by atoms with Gasteiger partial charge in [-0.2, -0.15) is 0 Å². The number of hydrogen-bond donors (Lipinski definition) is 1. The summed E-state index contributed by atoms with van der Waals surface area (Å²) >= 11 is 8.53. The van der Waals surface area contributed by atoms with Crippen molar-refractivity contribution < 1.29 is 4.74 Å². The van der Waals surface area contributed by atoms with Gasteiger partial charge >= 0.3 is 0 Å². The summed E-state index contributed by atoms with van der Waals surface area (Å²) in [4.78, 5) is 0. The number of benzene rings is 2. The molecule has 0 aliphatic carbocycles. The first kappa shape index (κ1) is 15.6. The predicted octanol–water partition coefficient (Wildman–Crippen LogP) is 5.02. The Labute approximate surface area is 138 Å². The fraction of sp³-hybridized carbons (Fsp3) is 0.250. The van der Waals surface area contributed by atoms with Crippen LogP contribution in [0, 0.1) is 3.57 Å². The topological polar surface area (TPSA) is 35.2 Å². The van der Waals surface area contributed by atoms with Gasteiger partial charge in [0.2, 0.25) is 0 Å². The molecule has 0 bridgehead atoms. The normalized spacial score (nSPS) is 12.2. The van der Waals surface area contributed by atoms with Crippen molar-refractivity contribution in [2.24, 2.45) is 5.73 Å². The van der Waals surface area contributed by atoms with Gasteiger partial charge in [0.15, 0.2) is 0 Å². The molecule has 0 radical (unpaired) electrons. The van der Waals surface area contributed by atoms with Crippen LogP contribution < -0.4 is 10.5 Å². The molecule has 0 heterocycles. The summed E-state index contributed by atoms with van der Waals surface area (Å²) in [5, 5.41) is 0.616. The number of ether oxygens (including phenoxy) is 1. The summed E-state index contributed by atoms with van der Waals surface area (Å²) in [5.74, 6) is 1.48. The predicted molar refractivity (Wildman–Crippen MR) is 92.7 cm³/mol. The Bertz CT molecular complexity index is 588. The minimum atomic E-state index is 0.174. The zero-order chi connectivity index (χ0) is 14.5. The molecule has 2 aromatic carbocycles. The standard InChI is InChI=1S/C16H17ClINO/c1-2-12(19)9-11-7-8-15(13(17)10-11)20-16-6-4-3-5-14(16)18/h3-8,10,12H,2,9,19H2,1H3. The Kier molecular flexibility index (Phi) is 5.69. The van der Waals surface area contributed by atoms with Crippen molar-refractivity contribution in [2.75, 3.05) is 0 Å². The number of halogens is 2. The van der Waals surface area contributed by atoms with Gasteiger partial charge in [-0.05, 0) is 65.3 Å². The van der Waals surface area contributed by atoms with Gasteiger partial charge in [-0.15, -0.1) is 0 Å². The minimum Gasteiger partial charge on any atom is -0.455 e. The van der Waals surface area contributed by atoms with Crippen molar-refractivity contribution in [3.8, 4) is 11.5 Å². The van der Waals surface area contributed by atoms with E-state index in [4.69, 9.17) is 22.1 Å². The lowest BCUT2D eigenvalue weighted by molar-refractivity contribution is 0.479. The van der Waals surface area contributed by atoms with Gasteiger partial charge < -0.3 is 10.5 Å². The molecule has 4 heteroatoms. The Morgan fingerprint density at radius 3 is 2.60 bits per heavy atom. The van der Waals surface area contributed by atoms with E-state index in [1.54, 1.807) is 0 Å². The van der Waals surface area contributed by atoms with Crippen molar-refractivity contribution in [1.29, 1.82) is 0 Å². The molecule has 20 heavy (non-hydrogen) atoms. The highest BCUT2D eigenvalue weighted by atomic mass is 127. The lowest BCUT2D eigenvalue weighted by Gasteiger charge is -2.12. The van der Waals surface area contributed by atoms with Crippen molar-refractivity contribution >= 4 is 34.2 Å². The maximum atomic E-state index is 6.29. The summed E-state index contributed by atoms with van der Waals surface area (Å²) in [6, 6.07) is 13.9. The molecular weight excluding hydrogens is 385 g/mol. The molecule has 0 saturated carbocycles. The summed E-state index contributed by atoms with van der Waals surface area (Å²) in [7, 11) is 0. The second kappa shape index (κ2) is 7.29. The summed E-state index contributed by atoms with van der Waals surface area (Å²) in [6.07, 6.45) is 1.79. The zero-order valence-electron chi connectivity index (χ0n) is 11.3. The fourth-order valence-corrected chi connectivity index (χ4v) is 2.59. The third-order valence-electron chi connectivity index (χ3n) is 3.08. The van der Waals surface area contributed by atoms with E-state index in [1.165, 1.54) is 0 Å². The van der Waals surface area contributed by atoms with E-state index >= 15 is 0 Å². The van der Waals surface area contributed by atoms with Gasteiger partial charge in [0.25, 0.3) is 0 Å². The molecule has 0 spiro atoms. The van der Waals surface area contributed by atoms with E-state index < -0.39 is 0 Å². The molecule has 0 amide bonds. The van der Waals surface area contributed by atoms with Crippen molar-refractivity contribution in [3.63, 3.8) is 0 Å². The second-order valence-electron chi connectivity index (χ2n) is 4.67. The van der Waals surface area contributed by atoms with Crippen LogP contribution in [-0.4, -0.2) is 6.04 Å². The summed E-state index contributed by atoms with van der Waals surface area (Å²) in [5.41, 5.74) is 7.10. The van der Waals surface area contributed by atoms with Crippen LogP contribution in [0.3, 0.4) is 0 Å². The van der Waals surface area contributed by atoms with Gasteiger partial charge in [0.1, 0.15) is 11.5 Å². The quantitative estimate of drug-likeness (QED) is 0.714. The molecule has 2 aromatic rings. The van der Waals surface area contributed by atoms with Crippen LogP contribution in [0.1, 0.15) is 18.9 Å². The average molecular weight is 402 g/mol. The van der Waals surface area contributed by atoms with E-state index in [0.29, 0.717) is 10.8 Å².